The van der Waals surface area contributed by atoms with Gasteiger partial charge in [0.25, 0.3) is 0 Å². The molecular weight excluding hydrogens is 296 g/mol. The van der Waals surface area contributed by atoms with Gasteiger partial charge in [-0.1, -0.05) is 0 Å². The van der Waals surface area contributed by atoms with E-state index in [-0.39, 0.29) is 30.4 Å². The summed E-state index contributed by atoms with van der Waals surface area (Å²) in [7, 11) is 1.61. The molecule has 3 heterocycles. The van der Waals surface area contributed by atoms with E-state index in [9.17, 15) is 9.59 Å². The van der Waals surface area contributed by atoms with Gasteiger partial charge >= 0.3 is 0 Å². The molecule has 2 aliphatic rings. The van der Waals surface area contributed by atoms with Crippen LogP contribution in [-0.4, -0.2) is 63.7 Å². The lowest BCUT2D eigenvalue weighted by atomic mass is 10.1. The van der Waals surface area contributed by atoms with E-state index in [4.69, 9.17) is 0 Å². The number of likely N-dealkylation sites (N-methyl/N-ethyl adjacent to an activating group) is 1. The van der Waals surface area contributed by atoms with Crippen LogP contribution in [0.5, 0.6) is 0 Å². The number of aromatic nitrogens is 3. The molecule has 2 atom stereocenters. The van der Waals surface area contributed by atoms with Crippen molar-refractivity contribution >= 4 is 11.8 Å². The highest BCUT2D eigenvalue weighted by Gasteiger charge is 2.33. The highest BCUT2D eigenvalue weighted by molar-refractivity contribution is 5.88. The normalized spacial score (nSPS) is 23.7. The van der Waals surface area contributed by atoms with Crippen LogP contribution in [0.1, 0.15) is 30.9 Å². The Bertz CT molecular complexity index is 599. The van der Waals surface area contributed by atoms with Crippen molar-refractivity contribution in [3.05, 3.63) is 11.6 Å². The molecule has 2 aliphatic heterocycles. The van der Waals surface area contributed by atoms with Crippen LogP contribution < -0.4 is 10.6 Å². The van der Waals surface area contributed by atoms with Gasteiger partial charge in [-0.25, -0.2) is 9.67 Å². The predicted molar refractivity (Wildman–Crippen MR) is 83.7 cm³/mol. The molecule has 0 spiro atoms. The summed E-state index contributed by atoms with van der Waals surface area (Å²) in [4.78, 5) is 30.3. The number of hydrogen-bond acceptors (Lipinski definition) is 5. The van der Waals surface area contributed by atoms with Gasteiger partial charge in [-0.15, -0.1) is 0 Å². The van der Waals surface area contributed by atoms with Crippen LogP contribution in [0.25, 0.3) is 0 Å². The van der Waals surface area contributed by atoms with E-state index in [1.54, 1.807) is 11.9 Å². The zero-order chi connectivity index (χ0) is 16.4. The first kappa shape index (κ1) is 15.9. The Balaban J connectivity index is 1.52. The number of carbonyl (C=O) groups excluding carboxylic acids is 2. The molecule has 126 valence electrons. The van der Waals surface area contributed by atoms with Gasteiger partial charge in [-0.2, -0.15) is 5.10 Å². The Morgan fingerprint density at radius 2 is 2.17 bits per heavy atom. The third-order valence-corrected chi connectivity index (χ3v) is 4.63. The van der Waals surface area contributed by atoms with E-state index in [2.05, 4.69) is 20.7 Å². The standard InChI is InChI=1S/C15H24N6O2/c1-10-18-13-6-5-11(9-21(13)19-10)17-8-14(22)20-7-3-4-12(20)15(23)16-2/h11-12,17H,3-9H2,1-2H3,(H,16,23)/t11-,12+/m1/s1. The molecule has 2 N–H and O–H groups in total. The third-order valence-electron chi connectivity index (χ3n) is 4.63. The van der Waals surface area contributed by atoms with E-state index in [1.807, 2.05) is 11.6 Å². The van der Waals surface area contributed by atoms with Crippen LogP contribution in [0.15, 0.2) is 0 Å². The van der Waals surface area contributed by atoms with Crippen LogP contribution >= 0.6 is 0 Å². The zero-order valence-electron chi connectivity index (χ0n) is 13.7. The van der Waals surface area contributed by atoms with Crippen molar-refractivity contribution in [2.75, 3.05) is 20.1 Å². The molecule has 0 aromatic carbocycles. The predicted octanol–water partition coefficient (Wildman–Crippen LogP) is -0.772. The minimum absolute atomic E-state index is 0.00309. The smallest absolute Gasteiger partial charge is 0.242 e. The third kappa shape index (κ3) is 3.36. The summed E-state index contributed by atoms with van der Waals surface area (Å²) < 4.78 is 1.92. The second-order valence-corrected chi connectivity index (χ2v) is 6.23. The van der Waals surface area contributed by atoms with Crippen molar-refractivity contribution < 1.29 is 9.59 Å². The zero-order valence-corrected chi connectivity index (χ0v) is 13.7. The van der Waals surface area contributed by atoms with Gasteiger partial charge < -0.3 is 15.5 Å². The molecule has 0 aliphatic carbocycles. The van der Waals surface area contributed by atoms with Crippen molar-refractivity contribution in [3.8, 4) is 0 Å². The second-order valence-electron chi connectivity index (χ2n) is 6.23. The fourth-order valence-corrected chi connectivity index (χ4v) is 3.44. The molecule has 0 radical (unpaired) electrons. The summed E-state index contributed by atoms with van der Waals surface area (Å²) in [6.45, 7) is 3.56. The maximum Gasteiger partial charge on any atom is 0.242 e. The number of rotatable bonds is 4. The van der Waals surface area contributed by atoms with Gasteiger partial charge in [0.1, 0.15) is 17.7 Å². The maximum absolute atomic E-state index is 12.4. The first-order valence-electron chi connectivity index (χ1n) is 8.23. The molecule has 1 fully saturated rings. The van der Waals surface area contributed by atoms with E-state index in [0.29, 0.717) is 6.54 Å². The molecule has 23 heavy (non-hydrogen) atoms. The van der Waals surface area contributed by atoms with Crippen LogP contribution in [0.2, 0.25) is 0 Å². The van der Waals surface area contributed by atoms with Crippen LogP contribution in [0.4, 0.5) is 0 Å². The van der Waals surface area contributed by atoms with E-state index < -0.39 is 0 Å². The molecule has 1 aromatic rings. The topological polar surface area (TPSA) is 92.2 Å². The van der Waals surface area contributed by atoms with Crippen LogP contribution in [0.3, 0.4) is 0 Å². The van der Waals surface area contributed by atoms with Gasteiger partial charge in [0.15, 0.2) is 0 Å². The summed E-state index contributed by atoms with van der Waals surface area (Å²) in [6.07, 6.45) is 3.45. The first-order chi connectivity index (χ1) is 11.1. The van der Waals surface area contributed by atoms with E-state index >= 15 is 0 Å². The summed E-state index contributed by atoms with van der Waals surface area (Å²) >= 11 is 0. The molecule has 0 saturated carbocycles. The van der Waals surface area contributed by atoms with Crippen molar-refractivity contribution in [3.63, 3.8) is 0 Å². The summed E-state index contributed by atoms with van der Waals surface area (Å²) in [5, 5.41) is 10.3. The van der Waals surface area contributed by atoms with Gasteiger partial charge in [0.2, 0.25) is 11.8 Å². The molecule has 0 unspecified atom stereocenters. The Hall–Kier alpha value is -1.96. The quantitative estimate of drug-likeness (QED) is 0.760. The number of nitrogens with zero attached hydrogens (tertiary/aromatic N) is 4. The maximum atomic E-state index is 12.4. The fraction of sp³-hybridized carbons (Fsp3) is 0.733. The summed E-state index contributed by atoms with van der Waals surface area (Å²) in [6, 6.07) is -0.0983. The number of amides is 2. The average Bonchev–Trinajstić information content (AvgIpc) is 3.16. The van der Waals surface area contributed by atoms with Crippen molar-refractivity contribution in [1.82, 2.24) is 30.3 Å². The van der Waals surface area contributed by atoms with Crippen LogP contribution in [0, 0.1) is 6.92 Å². The first-order valence-corrected chi connectivity index (χ1v) is 8.23. The minimum atomic E-state index is -0.315. The highest BCUT2D eigenvalue weighted by atomic mass is 16.2. The van der Waals surface area contributed by atoms with Crippen molar-refractivity contribution in [1.29, 1.82) is 0 Å². The number of hydrogen-bond donors (Lipinski definition) is 2. The number of nitrogens with one attached hydrogen (secondary N) is 2. The molecule has 8 nitrogen and oxygen atoms in total. The molecular formula is C15H24N6O2. The molecule has 2 amide bonds. The van der Waals surface area contributed by atoms with Gasteiger partial charge in [0.05, 0.1) is 13.1 Å². The lowest BCUT2D eigenvalue weighted by molar-refractivity contribution is -0.137. The Morgan fingerprint density at radius 3 is 2.96 bits per heavy atom. The summed E-state index contributed by atoms with van der Waals surface area (Å²) in [5.41, 5.74) is 0. The molecule has 1 saturated heterocycles. The van der Waals surface area contributed by atoms with E-state index in [0.717, 1.165) is 43.9 Å². The lowest BCUT2D eigenvalue weighted by Gasteiger charge is -2.27. The number of fused-ring (bicyclic) bond motifs is 1. The molecule has 8 heteroatoms. The van der Waals surface area contributed by atoms with Crippen molar-refractivity contribution in [2.24, 2.45) is 0 Å². The Morgan fingerprint density at radius 1 is 1.35 bits per heavy atom. The largest absolute Gasteiger partial charge is 0.357 e. The minimum Gasteiger partial charge on any atom is -0.357 e. The fourth-order valence-electron chi connectivity index (χ4n) is 3.44. The number of carbonyl (C=O) groups is 2. The van der Waals surface area contributed by atoms with Crippen LogP contribution in [-0.2, 0) is 22.6 Å². The number of aryl methyl sites for hydroxylation is 2. The number of likely N-dealkylation sites (tertiary alicyclic amines) is 1. The Labute approximate surface area is 135 Å². The Kier molecular flexibility index (Phi) is 4.61. The van der Waals surface area contributed by atoms with Gasteiger partial charge in [-0.3, -0.25) is 9.59 Å². The molecule has 1 aromatic heterocycles. The molecule has 3 rings (SSSR count). The highest BCUT2D eigenvalue weighted by Crippen LogP contribution is 2.18. The van der Waals surface area contributed by atoms with Crippen molar-refractivity contribution in [2.45, 2.75) is 51.2 Å². The van der Waals surface area contributed by atoms with Gasteiger partial charge in [-0.05, 0) is 26.2 Å². The molecule has 0 bridgehead atoms. The monoisotopic (exact) mass is 320 g/mol. The summed E-state index contributed by atoms with van der Waals surface area (Å²) in [5.74, 6) is 1.74. The second kappa shape index (κ2) is 6.66. The van der Waals surface area contributed by atoms with Gasteiger partial charge in [0, 0.05) is 26.1 Å². The average molecular weight is 320 g/mol. The SMILES string of the molecule is CNC(=O)[C@@H]1CCCN1C(=O)CN[C@@H]1CCc2nc(C)nn2C1. The lowest BCUT2D eigenvalue weighted by Crippen LogP contribution is -2.49. The van der Waals surface area contributed by atoms with E-state index in [1.165, 1.54) is 0 Å².